The molecular weight excluding hydrogens is 462 g/mol. The number of aryl methyl sites for hydroxylation is 2. The summed E-state index contributed by atoms with van der Waals surface area (Å²) in [6, 6.07) is 22.1. The SMILES string of the molecule is Cc1c(-c2cc(-c3ccc4nc(-c5ncco5)sc4c3)cc[n+]2C)cc(C(C)(C)C)c2ccccc12. The Morgan fingerprint density at radius 3 is 2.44 bits per heavy atom. The Balaban J connectivity index is 1.50. The molecule has 6 rings (SSSR count). The Kier molecular flexibility index (Phi) is 5.27. The third-order valence-electron chi connectivity index (χ3n) is 6.88. The van der Waals surface area contributed by atoms with Crippen molar-refractivity contribution in [2.24, 2.45) is 7.05 Å². The Labute approximate surface area is 214 Å². The Morgan fingerprint density at radius 2 is 1.69 bits per heavy atom. The van der Waals surface area contributed by atoms with Crippen molar-refractivity contribution in [3.8, 4) is 33.3 Å². The molecule has 0 atom stereocenters. The van der Waals surface area contributed by atoms with Gasteiger partial charge in [0.15, 0.2) is 11.2 Å². The van der Waals surface area contributed by atoms with E-state index in [0.29, 0.717) is 5.89 Å². The van der Waals surface area contributed by atoms with Gasteiger partial charge < -0.3 is 4.42 Å². The number of hydrogen-bond donors (Lipinski definition) is 0. The number of benzene rings is 3. The molecule has 0 aliphatic carbocycles. The topological polar surface area (TPSA) is 42.8 Å². The molecule has 0 bridgehead atoms. The fourth-order valence-electron chi connectivity index (χ4n) is 4.95. The first-order valence-corrected chi connectivity index (χ1v) is 12.9. The van der Waals surface area contributed by atoms with Gasteiger partial charge in [-0.25, -0.2) is 14.5 Å². The molecule has 0 N–H and O–H groups in total. The quantitative estimate of drug-likeness (QED) is 0.237. The lowest BCUT2D eigenvalue weighted by Gasteiger charge is -2.24. The Morgan fingerprint density at radius 1 is 0.917 bits per heavy atom. The predicted octanol–water partition coefficient (Wildman–Crippen LogP) is 7.87. The molecule has 0 spiro atoms. The zero-order valence-electron chi connectivity index (χ0n) is 21.2. The van der Waals surface area contributed by atoms with Gasteiger partial charge >= 0.3 is 0 Å². The van der Waals surface area contributed by atoms with E-state index in [9.17, 15) is 0 Å². The minimum Gasteiger partial charge on any atom is -0.443 e. The molecule has 0 aliphatic heterocycles. The summed E-state index contributed by atoms with van der Waals surface area (Å²) in [6.07, 6.45) is 5.39. The van der Waals surface area contributed by atoms with Gasteiger partial charge in [-0.1, -0.05) is 51.1 Å². The molecule has 0 saturated heterocycles. The molecule has 3 aromatic carbocycles. The number of nitrogens with zero attached hydrogens (tertiary/aromatic N) is 3. The first kappa shape index (κ1) is 22.6. The van der Waals surface area contributed by atoms with Crippen LogP contribution in [0.1, 0.15) is 31.9 Å². The van der Waals surface area contributed by atoms with E-state index >= 15 is 0 Å². The van der Waals surface area contributed by atoms with Crippen molar-refractivity contribution in [2.45, 2.75) is 33.1 Å². The number of hydrogen-bond acceptors (Lipinski definition) is 4. The molecule has 3 aromatic heterocycles. The number of aromatic nitrogens is 3. The molecule has 0 fully saturated rings. The van der Waals surface area contributed by atoms with Gasteiger partial charge in [0.05, 0.1) is 16.4 Å². The summed E-state index contributed by atoms with van der Waals surface area (Å²) in [6.45, 7) is 9.12. The lowest BCUT2D eigenvalue weighted by molar-refractivity contribution is -0.660. The summed E-state index contributed by atoms with van der Waals surface area (Å²) in [5, 5.41) is 3.45. The number of rotatable bonds is 3. The van der Waals surface area contributed by atoms with E-state index in [2.05, 4.69) is 111 Å². The first-order chi connectivity index (χ1) is 17.3. The molecule has 4 nitrogen and oxygen atoms in total. The van der Waals surface area contributed by atoms with Crippen LogP contribution < -0.4 is 4.57 Å². The average Bonchev–Trinajstić information content (AvgIpc) is 3.54. The van der Waals surface area contributed by atoms with E-state index in [0.717, 1.165) is 15.2 Å². The molecular formula is C31H28N3OS+. The maximum absolute atomic E-state index is 5.45. The molecule has 36 heavy (non-hydrogen) atoms. The van der Waals surface area contributed by atoms with Crippen LogP contribution in [0.3, 0.4) is 0 Å². The Bertz CT molecular complexity index is 1740. The number of pyridine rings is 1. The normalized spacial score (nSPS) is 12.0. The second-order valence-electron chi connectivity index (χ2n) is 10.3. The van der Waals surface area contributed by atoms with Crippen LogP contribution >= 0.6 is 11.3 Å². The molecule has 0 saturated carbocycles. The molecule has 0 radical (unpaired) electrons. The minimum atomic E-state index is 0.0377. The van der Waals surface area contributed by atoms with Gasteiger partial charge in [-0.15, -0.1) is 11.3 Å². The number of fused-ring (bicyclic) bond motifs is 2. The zero-order valence-corrected chi connectivity index (χ0v) is 22.0. The summed E-state index contributed by atoms with van der Waals surface area (Å²) >= 11 is 1.60. The molecule has 5 heteroatoms. The van der Waals surface area contributed by atoms with Crippen LogP contribution in [-0.2, 0) is 12.5 Å². The van der Waals surface area contributed by atoms with Crippen molar-refractivity contribution in [1.29, 1.82) is 0 Å². The van der Waals surface area contributed by atoms with E-state index in [-0.39, 0.29) is 5.41 Å². The summed E-state index contributed by atoms with van der Waals surface area (Å²) in [4.78, 5) is 8.95. The zero-order chi connectivity index (χ0) is 25.0. The monoisotopic (exact) mass is 490 g/mol. The van der Waals surface area contributed by atoms with E-state index in [4.69, 9.17) is 9.40 Å². The molecule has 0 amide bonds. The van der Waals surface area contributed by atoms with Crippen LogP contribution in [0.5, 0.6) is 0 Å². The highest BCUT2D eigenvalue weighted by Gasteiger charge is 2.23. The maximum Gasteiger partial charge on any atom is 0.255 e. The lowest BCUT2D eigenvalue weighted by atomic mass is 9.80. The van der Waals surface area contributed by atoms with E-state index < -0.39 is 0 Å². The van der Waals surface area contributed by atoms with Crippen LogP contribution in [0.25, 0.3) is 54.3 Å². The van der Waals surface area contributed by atoms with E-state index in [1.165, 1.54) is 44.3 Å². The van der Waals surface area contributed by atoms with Crippen LogP contribution in [0.2, 0.25) is 0 Å². The lowest BCUT2D eigenvalue weighted by Crippen LogP contribution is -2.30. The fourth-order valence-corrected chi connectivity index (χ4v) is 5.89. The Hall–Kier alpha value is -3.83. The fraction of sp³-hybridized carbons (Fsp3) is 0.194. The molecule has 3 heterocycles. The van der Waals surface area contributed by atoms with Gasteiger partial charge in [-0.3, -0.25) is 0 Å². The van der Waals surface area contributed by atoms with Crippen molar-refractivity contribution < 1.29 is 8.98 Å². The second-order valence-corrected chi connectivity index (χ2v) is 11.4. The third-order valence-corrected chi connectivity index (χ3v) is 7.89. The second kappa shape index (κ2) is 8.38. The van der Waals surface area contributed by atoms with Crippen molar-refractivity contribution in [3.63, 3.8) is 0 Å². The van der Waals surface area contributed by atoms with Crippen molar-refractivity contribution in [1.82, 2.24) is 9.97 Å². The predicted molar refractivity (Wildman–Crippen MR) is 148 cm³/mol. The van der Waals surface area contributed by atoms with Crippen molar-refractivity contribution in [3.05, 3.63) is 90.4 Å². The average molecular weight is 491 g/mol. The number of thiazole rings is 1. The highest BCUT2D eigenvalue weighted by molar-refractivity contribution is 7.21. The largest absolute Gasteiger partial charge is 0.443 e. The summed E-state index contributed by atoms with van der Waals surface area (Å²) in [5.41, 5.74) is 8.49. The van der Waals surface area contributed by atoms with Crippen molar-refractivity contribution >= 4 is 32.3 Å². The van der Waals surface area contributed by atoms with Crippen molar-refractivity contribution in [2.75, 3.05) is 0 Å². The van der Waals surface area contributed by atoms with Gasteiger partial charge in [0, 0.05) is 17.7 Å². The van der Waals surface area contributed by atoms with Crippen LogP contribution in [0, 0.1) is 6.92 Å². The highest BCUT2D eigenvalue weighted by Crippen LogP contribution is 2.38. The first-order valence-electron chi connectivity index (χ1n) is 12.1. The summed E-state index contributed by atoms with van der Waals surface area (Å²) < 4.78 is 8.79. The number of oxazole rings is 1. The van der Waals surface area contributed by atoms with Gasteiger partial charge in [-0.2, -0.15) is 0 Å². The standard InChI is InChI=1S/C31H28N3OS/c1-19-22-8-6-7-9-23(22)25(31(2,3)4)18-24(19)27-16-21(12-14-34(27)5)20-10-11-26-28(17-20)36-30(33-26)29-32-13-15-35-29/h6-18H,1-5H3/q+1. The molecule has 178 valence electrons. The third kappa shape index (κ3) is 3.80. The highest BCUT2D eigenvalue weighted by atomic mass is 32.1. The van der Waals surface area contributed by atoms with Crippen LogP contribution in [0.15, 0.2) is 83.7 Å². The molecule has 0 unspecified atom stereocenters. The summed E-state index contributed by atoms with van der Waals surface area (Å²) in [5.74, 6) is 0.563. The maximum atomic E-state index is 5.45. The van der Waals surface area contributed by atoms with Gasteiger partial charge in [0.2, 0.25) is 5.69 Å². The van der Waals surface area contributed by atoms with Gasteiger partial charge in [0.25, 0.3) is 5.89 Å². The smallest absolute Gasteiger partial charge is 0.255 e. The van der Waals surface area contributed by atoms with Crippen LogP contribution in [-0.4, -0.2) is 9.97 Å². The van der Waals surface area contributed by atoms with Crippen LogP contribution in [0.4, 0.5) is 0 Å². The van der Waals surface area contributed by atoms with E-state index in [1.807, 2.05) is 0 Å². The molecule has 0 aliphatic rings. The minimum absolute atomic E-state index is 0.0377. The van der Waals surface area contributed by atoms with Gasteiger partial charge in [0.1, 0.15) is 13.3 Å². The van der Waals surface area contributed by atoms with E-state index in [1.54, 1.807) is 23.8 Å². The summed E-state index contributed by atoms with van der Waals surface area (Å²) in [7, 11) is 2.12. The molecule has 6 aromatic rings. The van der Waals surface area contributed by atoms with Gasteiger partial charge in [-0.05, 0) is 63.6 Å².